The molecule has 0 radical (unpaired) electrons. The van der Waals surface area contributed by atoms with Gasteiger partial charge < -0.3 is 4.74 Å². The molecule has 2 saturated carbocycles. The highest BCUT2D eigenvalue weighted by molar-refractivity contribution is 8.21. The predicted molar refractivity (Wildman–Crippen MR) is 64.0 cm³/mol. The Morgan fingerprint density at radius 2 is 2.07 bits per heavy atom. The smallest absolute Gasteiger partial charge is 0.302 e. The van der Waals surface area contributed by atoms with Crippen molar-refractivity contribution in [2.24, 2.45) is 11.8 Å². The molecule has 0 N–H and O–H groups in total. The zero-order valence-electron chi connectivity index (χ0n) is 8.90. The van der Waals surface area contributed by atoms with Crippen LogP contribution in [0.1, 0.15) is 26.2 Å². The third-order valence-electron chi connectivity index (χ3n) is 3.89. The van der Waals surface area contributed by atoms with Gasteiger partial charge in [-0.2, -0.15) is 0 Å². The number of carbonyl (C=O) groups excluding carboxylic acids is 1. The van der Waals surface area contributed by atoms with Gasteiger partial charge in [0.05, 0.1) is 4.08 Å². The first-order valence-corrected chi connectivity index (χ1v) is 7.62. The van der Waals surface area contributed by atoms with Crippen molar-refractivity contribution >= 4 is 29.5 Å². The van der Waals surface area contributed by atoms with E-state index in [1.807, 2.05) is 0 Å². The van der Waals surface area contributed by atoms with E-state index >= 15 is 0 Å². The third kappa shape index (κ3) is 1.60. The lowest BCUT2D eigenvalue weighted by atomic mass is 9.96. The standard InChI is InChI=1S/C11H16O2S2/c1-7(12)13-10-5-9-4-8(10)6-11(9)14-2-3-15-11/h8-10H,2-6H2,1H3/t8-,9-,10+/m1/s1. The molecule has 3 rings (SSSR count). The van der Waals surface area contributed by atoms with Crippen LogP contribution in [0.15, 0.2) is 0 Å². The van der Waals surface area contributed by atoms with Gasteiger partial charge in [0, 0.05) is 18.4 Å². The Morgan fingerprint density at radius 3 is 2.60 bits per heavy atom. The predicted octanol–water partition coefficient (Wildman–Crippen LogP) is 2.52. The highest BCUT2D eigenvalue weighted by Gasteiger charge is 2.57. The van der Waals surface area contributed by atoms with Gasteiger partial charge in [-0.25, -0.2) is 0 Å². The fourth-order valence-electron chi connectivity index (χ4n) is 3.37. The molecule has 3 atom stereocenters. The monoisotopic (exact) mass is 244 g/mol. The zero-order valence-corrected chi connectivity index (χ0v) is 10.5. The lowest BCUT2D eigenvalue weighted by molar-refractivity contribution is -0.148. The molecule has 1 aliphatic heterocycles. The van der Waals surface area contributed by atoms with Crippen LogP contribution in [-0.4, -0.2) is 27.7 Å². The number of thioether (sulfide) groups is 2. The lowest BCUT2D eigenvalue weighted by Crippen LogP contribution is -2.33. The molecule has 2 nitrogen and oxygen atoms in total. The minimum Gasteiger partial charge on any atom is -0.462 e. The van der Waals surface area contributed by atoms with Gasteiger partial charge >= 0.3 is 5.97 Å². The molecule has 0 unspecified atom stereocenters. The Hall–Kier alpha value is 0.170. The summed E-state index contributed by atoms with van der Waals surface area (Å²) >= 11 is 4.32. The summed E-state index contributed by atoms with van der Waals surface area (Å²) in [6, 6.07) is 0. The summed E-state index contributed by atoms with van der Waals surface area (Å²) in [6.45, 7) is 1.53. The van der Waals surface area contributed by atoms with Crippen molar-refractivity contribution < 1.29 is 9.53 Å². The molecule has 4 heteroatoms. The maximum absolute atomic E-state index is 11.0. The SMILES string of the molecule is CC(=O)O[C@H]1C[C@H]2C[C@@H]1CC21SCCS1. The van der Waals surface area contributed by atoms with E-state index in [2.05, 4.69) is 23.5 Å². The second kappa shape index (κ2) is 3.59. The van der Waals surface area contributed by atoms with Crippen molar-refractivity contribution in [1.29, 1.82) is 0 Å². The Kier molecular flexibility index (Phi) is 2.47. The number of rotatable bonds is 1. The van der Waals surface area contributed by atoms with E-state index in [0.717, 1.165) is 12.3 Å². The quantitative estimate of drug-likeness (QED) is 0.662. The van der Waals surface area contributed by atoms with E-state index in [1.165, 1.54) is 31.3 Å². The van der Waals surface area contributed by atoms with E-state index in [9.17, 15) is 4.79 Å². The van der Waals surface area contributed by atoms with Crippen LogP contribution in [0.2, 0.25) is 0 Å². The molecule has 15 heavy (non-hydrogen) atoms. The lowest BCUT2D eigenvalue weighted by Gasteiger charge is -2.34. The summed E-state index contributed by atoms with van der Waals surface area (Å²) in [5, 5.41) is 0. The minimum atomic E-state index is -0.103. The summed E-state index contributed by atoms with van der Waals surface area (Å²) < 4.78 is 5.91. The Morgan fingerprint density at radius 1 is 1.33 bits per heavy atom. The Labute approximate surface area is 98.9 Å². The topological polar surface area (TPSA) is 26.3 Å². The van der Waals surface area contributed by atoms with Crippen molar-refractivity contribution in [3.8, 4) is 0 Å². The summed E-state index contributed by atoms with van der Waals surface area (Å²) in [6.07, 6.45) is 3.91. The van der Waals surface area contributed by atoms with Crippen LogP contribution in [-0.2, 0) is 9.53 Å². The van der Waals surface area contributed by atoms with Crippen molar-refractivity contribution in [3.05, 3.63) is 0 Å². The summed E-state index contributed by atoms with van der Waals surface area (Å²) in [7, 11) is 0. The average molecular weight is 244 g/mol. The first-order chi connectivity index (χ1) is 7.20. The van der Waals surface area contributed by atoms with Gasteiger partial charge in [0.1, 0.15) is 6.10 Å². The van der Waals surface area contributed by atoms with E-state index in [1.54, 1.807) is 0 Å². The summed E-state index contributed by atoms with van der Waals surface area (Å²) in [5.74, 6) is 3.97. The highest BCUT2D eigenvalue weighted by atomic mass is 32.2. The molecule has 0 aromatic heterocycles. The molecular weight excluding hydrogens is 228 g/mol. The average Bonchev–Trinajstić information content (AvgIpc) is 2.82. The van der Waals surface area contributed by atoms with Gasteiger partial charge in [0.2, 0.25) is 0 Å². The van der Waals surface area contributed by atoms with Gasteiger partial charge in [-0.1, -0.05) is 0 Å². The fraction of sp³-hybridized carbons (Fsp3) is 0.909. The molecule has 84 valence electrons. The van der Waals surface area contributed by atoms with E-state index < -0.39 is 0 Å². The molecule has 1 heterocycles. The Bertz CT molecular complexity index is 286. The second-order valence-corrected chi connectivity index (χ2v) is 7.90. The van der Waals surface area contributed by atoms with Crippen LogP contribution < -0.4 is 0 Å². The van der Waals surface area contributed by atoms with Crippen LogP contribution in [0.3, 0.4) is 0 Å². The number of ether oxygens (including phenoxy) is 1. The summed E-state index contributed by atoms with van der Waals surface area (Å²) in [5.41, 5.74) is 0. The zero-order chi connectivity index (χ0) is 10.5. The van der Waals surface area contributed by atoms with Crippen molar-refractivity contribution in [2.75, 3.05) is 11.5 Å². The first-order valence-electron chi connectivity index (χ1n) is 5.65. The third-order valence-corrected chi connectivity index (χ3v) is 7.65. The molecule has 2 aliphatic carbocycles. The van der Waals surface area contributed by atoms with Gasteiger partial charge in [-0.15, -0.1) is 23.5 Å². The molecule has 0 amide bonds. The molecule has 3 fully saturated rings. The van der Waals surface area contributed by atoms with Crippen molar-refractivity contribution in [2.45, 2.75) is 36.4 Å². The minimum absolute atomic E-state index is 0.103. The maximum Gasteiger partial charge on any atom is 0.302 e. The molecule has 0 aromatic carbocycles. The van der Waals surface area contributed by atoms with E-state index in [0.29, 0.717) is 10.00 Å². The van der Waals surface area contributed by atoms with E-state index in [-0.39, 0.29) is 12.1 Å². The van der Waals surface area contributed by atoms with Crippen LogP contribution in [0.5, 0.6) is 0 Å². The Balaban J connectivity index is 1.69. The molecule has 0 aromatic rings. The van der Waals surface area contributed by atoms with Gasteiger partial charge in [0.25, 0.3) is 0 Å². The van der Waals surface area contributed by atoms with Gasteiger partial charge in [-0.3, -0.25) is 4.79 Å². The van der Waals surface area contributed by atoms with Crippen LogP contribution in [0.4, 0.5) is 0 Å². The molecule has 2 bridgehead atoms. The molecule has 1 spiro atoms. The molecular formula is C11H16O2S2. The number of esters is 1. The summed E-state index contributed by atoms with van der Waals surface area (Å²) in [4.78, 5) is 11.0. The number of fused-ring (bicyclic) bond motifs is 3. The molecule has 3 aliphatic rings. The second-order valence-electron chi connectivity index (χ2n) is 4.79. The highest BCUT2D eigenvalue weighted by Crippen LogP contribution is 2.65. The maximum atomic E-state index is 11.0. The van der Waals surface area contributed by atoms with Gasteiger partial charge in [-0.05, 0) is 31.1 Å². The number of carbonyl (C=O) groups is 1. The van der Waals surface area contributed by atoms with Crippen molar-refractivity contribution in [1.82, 2.24) is 0 Å². The van der Waals surface area contributed by atoms with Gasteiger partial charge in [0.15, 0.2) is 0 Å². The fourth-order valence-corrected chi connectivity index (χ4v) is 7.09. The van der Waals surface area contributed by atoms with Crippen LogP contribution >= 0.6 is 23.5 Å². The van der Waals surface area contributed by atoms with Crippen molar-refractivity contribution in [3.63, 3.8) is 0 Å². The van der Waals surface area contributed by atoms with E-state index in [4.69, 9.17) is 4.74 Å². The van der Waals surface area contributed by atoms with Crippen LogP contribution in [0, 0.1) is 11.8 Å². The number of hydrogen-bond acceptors (Lipinski definition) is 4. The van der Waals surface area contributed by atoms with Crippen LogP contribution in [0.25, 0.3) is 0 Å². The first kappa shape index (κ1) is 10.3. The normalized spacial score (nSPS) is 41.3. The molecule has 1 saturated heterocycles. The number of hydrogen-bond donors (Lipinski definition) is 0. The largest absolute Gasteiger partial charge is 0.462 e.